The number of aromatic nitrogens is 1. The van der Waals surface area contributed by atoms with Crippen molar-refractivity contribution in [2.75, 3.05) is 19.0 Å². The molecule has 1 atom stereocenters. The molecule has 0 bridgehead atoms. The van der Waals surface area contributed by atoms with Crippen LogP contribution in [0.4, 0.5) is 5.82 Å². The number of hydrogen-bond acceptors (Lipinski definition) is 5. The molecule has 6 nitrogen and oxygen atoms in total. The molecule has 122 valence electrons. The first kappa shape index (κ1) is 17.0. The molecule has 2 aromatic rings. The van der Waals surface area contributed by atoms with Crippen LogP contribution in [-0.2, 0) is 4.74 Å². The van der Waals surface area contributed by atoms with Crippen molar-refractivity contribution in [3.8, 4) is 17.2 Å². The highest BCUT2D eigenvalue weighted by molar-refractivity contribution is 7.80. The van der Waals surface area contributed by atoms with Gasteiger partial charge in [-0.15, -0.1) is 0 Å². The number of anilines is 1. The molecule has 0 saturated heterocycles. The van der Waals surface area contributed by atoms with Crippen LogP contribution in [0.5, 0.6) is 17.2 Å². The van der Waals surface area contributed by atoms with Crippen molar-refractivity contribution in [3.05, 3.63) is 42.6 Å². The lowest BCUT2D eigenvalue weighted by Gasteiger charge is -2.17. The summed E-state index contributed by atoms with van der Waals surface area (Å²) in [6, 6.07) is 11.1. The van der Waals surface area contributed by atoms with Crippen LogP contribution >= 0.6 is 12.2 Å². The smallest absolute Gasteiger partial charge is 0.175 e. The third kappa shape index (κ3) is 5.39. The molecule has 1 aromatic heterocycles. The van der Waals surface area contributed by atoms with Gasteiger partial charge in [0.05, 0.1) is 12.8 Å². The lowest BCUT2D eigenvalue weighted by Crippen LogP contribution is -2.23. The first-order chi connectivity index (χ1) is 11.1. The summed E-state index contributed by atoms with van der Waals surface area (Å²) in [5.41, 5.74) is 5.51. The number of ether oxygens (including phenoxy) is 3. The highest BCUT2D eigenvalue weighted by Crippen LogP contribution is 2.30. The van der Waals surface area contributed by atoms with Gasteiger partial charge in [-0.1, -0.05) is 18.2 Å². The number of rotatable bonds is 7. The van der Waals surface area contributed by atoms with Gasteiger partial charge in [0.2, 0.25) is 0 Å². The maximum Gasteiger partial charge on any atom is 0.175 e. The summed E-state index contributed by atoms with van der Waals surface area (Å²) in [7, 11) is 1.61. The fourth-order valence-corrected chi connectivity index (χ4v) is 1.99. The van der Waals surface area contributed by atoms with Crippen LogP contribution in [0.2, 0.25) is 0 Å². The van der Waals surface area contributed by atoms with Crippen molar-refractivity contribution in [2.45, 2.75) is 13.0 Å². The van der Waals surface area contributed by atoms with E-state index in [1.165, 1.54) is 0 Å². The molecule has 1 heterocycles. The van der Waals surface area contributed by atoms with Crippen LogP contribution in [0.1, 0.15) is 6.92 Å². The summed E-state index contributed by atoms with van der Waals surface area (Å²) in [6.07, 6.45) is 1.40. The Morgan fingerprint density at radius 3 is 2.70 bits per heavy atom. The topological polar surface area (TPSA) is 78.6 Å². The minimum Gasteiger partial charge on any atom is -0.484 e. The van der Waals surface area contributed by atoms with E-state index in [4.69, 9.17) is 32.2 Å². The van der Waals surface area contributed by atoms with Gasteiger partial charge in [0.15, 0.2) is 16.7 Å². The fraction of sp³-hybridized carbons (Fsp3) is 0.250. The van der Waals surface area contributed by atoms with Crippen LogP contribution in [0.3, 0.4) is 0 Å². The average Bonchev–Trinajstić information content (AvgIpc) is 2.51. The molecule has 0 spiro atoms. The zero-order valence-corrected chi connectivity index (χ0v) is 13.8. The number of pyridine rings is 1. The maximum atomic E-state index is 5.82. The van der Waals surface area contributed by atoms with E-state index in [1.807, 2.05) is 37.3 Å². The predicted molar refractivity (Wildman–Crippen MR) is 93.1 cm³/mol. The Kier molecular flexibility index (Phi) is 6.13. The molecule has 0 aliphatic rings. The molecule has 0 aliphatic carbocycles. The molecular weight excluding hydrogens is 314 g/mol. The van der Waals surface area contributed by atoms with Crippen molar-refractivity contribution < 1.29 is 14.2 Å². The quantitative estimate of drug-likeness (QED) is 0.754. The number of para-hydroxylation sites is 1. The Hall–Kier alpha value is -2.38. The van der Waals surface area contributed by atoms with Crippen LogP contribution < -0.4 is 20.5 Å². The first-order valence-corrected chi connectivity index (χ1v) is 7.44. The van der Waals surface area contributed by atoms with Crippen LogP contribution in [0, 0.1) is 0 Å². The number of benzene rings is 1. The number of thiocarbonyl (C=S) groups is 1. The standard InChI is InChI=1S/C16H19N3O3S/c1-11(10-20-2)21-14-8-13(9-18-15(14)19-16(17)23)22-12-6-4-3-5-7-12/h3-9,11H,10H2,1-2H3,(H3,17,18,19,23). The largest absolute Gasteiger partial charge is 0.484 e. The van der Waals surface area contributed by atoms with E-state index in [0.29, 0.717) is 29.7 Å². The molecule has 0 amide bonds. The second-order valence-corrected chi connectivity index (χ2v) is 5.25. The second-order valence-electron chi connectivity index (χ2n) is 4.81. The number of nitrogens with two attached hydrogens (primary N) is 1. The summed E-state index contributed by atoms with van der Waals surface area (Å²) < 4.78 is 16.7. The minimum absolute atomic E-state index is 0.110. The van der Waals surface area contributed by atoms with Gasteiger partial charge in [-0.25, -0.2) is 4.98 Å². The summed E-state index contributed by atoms with van der Waals surface area (Å²) in [6.45, 7) is 2.33. The maximum absolute atomic E-state index is 5.82. The van der Waals surface area contributed by atoms with Crippen molar-refractivity contribution in [1.82, 2.24) is 4.98 Å². The minimum atomic E-state index is -0.166. The lowest BCUT2D eigenvalue weighted by molar-refractivity contribution is 0.0922. The SMILES string of the molecule is COCC(C)Oc1cc(Oc2ccccc2)cnc1NC(N)=S. The zero-order valence-electron chi connectivity index (χ0n) is 13.0. The fourth-order valence-electron chi connectivity index (χ4n) is 1.89. The van der Waals surface area contributed by atoms with Crippen LogP contribution in [0.25, 0.3) is 0 Å². The highest BCUT2D eigenvalue weighted by Gasteiger charge is 2.12. The van der Waals surface area contributed by atoms with Gasteiger partial charge in [0, 0.05) is 13.2 Å². The molecule has 7 heteroatoms. The summed E-state index contributed by atoms with van der Waals surface area (Å²) in [5, 5.41) is 2.90. The normalized spacial score (nSPS) is 11.6. The van der Waals surface area contributed by atoms with E-state index < -0.39 is 0 Å². The number of nitrogens with one attached hydrogen (secondary N) is 1. The van der Waals surface area contributed by atoms with E-state index in [-0.39, 0.29) is 11.2 Å². The number of nitrogens with zero attached hydrogens (tertiary/aromatic N) is 1. The summed E-state index contributed by atoms with van der Waals surface area (Å²) in [5.74, 6) is 2.17. The van der Waals surface area contributed by atoms with Crippen LogP contribution in [-0.4, -0.2) is 29.9 Å². The van der Waals surface area contributed by atoms with E-state index in [9.17, 15) is 0 Å². The Morgan fingerprint density at radius 2 is 2.04 bits per heavy atom. The van der Waals surface area contributed by atoms with Crippen molar-refractivity contribution in [1.29, 1.82) is 0 Å². The van der Waals surface area contributed by atoms with Gasteiger partial charge >= 0.3 is 0 Å². The first-order valence-electron chi connectivity index (χ1n) is 7.03. The molecule has 0 radical (unpaired) electrons. The van der Waals surface area contributed by atoms with Crippen molar-refractivity contribution >= 4 is 23.1 Å². The lowest BCUT2D eigenvalue weighted by atomic mass is 10.3. The third-order valence-corrected chi connectivity index (χ3v) is 2.88. The monoisotopic (exact) mass is 333 g/mol. The third-order valence-electron chi connectivity index (χ3n) is 2.78. The second kappa shape index (κ2) is 8.30. The van der Waals surface area contributed by atoms with E-state index in [1.54, 1.807) is 19.4 Å². The summed E-state index contributed by atoms with van der Waals surface area (Å²) in [4.78, 5) is 4.26. The molecular formula is C16H19N3O3S. The molecule has 3 N–H and O–H groups in total. The summed E-state index contributed by atoms with van der Waals surface area (Å²) >= 11 is 4.85. The Morgan fingerprint density at radius 1 is 1.30 bits per heavy atom. The van der Waals surface area contributed by atoms with Crippen molar-refractivity contribution in [3.63, 3.8) is 0 Å². The predicted octanol–water partition coefficient (Wildman–Crippen LogP) is 2.94. The molecule has 0 fully saturated rings. The molecule has 2 rings (SSSR count). The molecule has 0 saturated carbocycles. The zero-order chi connectivity index (χ0) is 16.7. The Labute approximate surface area is 140 Å². The molecule has 23 heavy (non-hydrogen) atoms. The van der Waals surface area contributed by atoms with E-state index in [2.05, 4.69) is 10.3 Å². The Bertz CT molecular complexity index is 652. The van der Waals surface area contributed by atoms with E-state index >= 15 is 0 Å². The number of methoxy groups -OCH3 is 1. The van der Waals surface area contributed by atoms with E-state index in [0.717, 1.165) is 0 Å². The van der Waals surface area contributed by atoms with Gasteiger partial charge in [0.25, 0.3) is 0 Å². The molecule has 0 aliphatic heterocycles. The van der Waals surface area contributed by atoms with Crippen molar-refractivity contribution in [2.24, 2.45) is 5.73 Å². The molecule has 1 unspecified atom stereocenters. The Balaban J connectivity index is 2.22. The van der Waals surface area contributed by atoms with Gasteiger partial charge in [0.1, 0.15) is 17.6 Å². The van der Waals surface area contributed by atoms with Gasteiger partial charge in [-0.2, -0.15) is 0 Å². The number of hydrogen-bond donors (Lipinski definition) is 2. The van der Waals surface area contributed by atoms with Gasteiger partial charge in [-0.3, -0.25) is 0 Å². The highest BCUT2D eigenvalue weighted by atomic mass is 32.1. The molecule has 1 aromatic carbocycles. The van der Waals surface area contributed by atoms with Crippen LogP contribution in [0.15, 0.2) is 42.6 Å². The van der Waals surface area contributed by atoms with Gasteiger partial charge in [-0.05, 0) is 31.3 Å². The van der Waals surface area contributed by atoms with Gasteiger partial charge < -0.3 is 25.3 Å². The average molecular weight is 333 g/mol.